The first-order valence-corrected chi connectivity index (χ1v) is 7.71. The van der Waals surface area contributed by atoms with E-state index in [9.17, 15) is 8.42 Å². The highest BCUT2D eigenvalue weighted by Crippen LogP contribution is 2.23. The fourth-order valence-corrected chi connectivity index (χ4v) is 3.14. The van der Waals surface area contributed by atoms with Gasteiger partial charge in [0.2, 0.25) is 10.0 Å². The van der Waals surface area contributed by atoms with Crippen LogP contribution in [-0.4, -0.2) is 13.4 Å². The summed E-state index contributed by atoms with van der Waals surface area (Å²) >= 11 is 5.90. The minimum atomic E-state index is -3.71. The molecule has 0 aliphatic carbocycles. The molecule has 0 bridgehead atoms. The van der Waals surface area contributed by atoms with Crippen LogP contribution in [0.5, 0.6) is 0 Å². The van der Waals surface area contributed by atoms with Gasteiger partial charge in [-0.1, -0.05) is 17.7 Å². The Balaban J connectivity index is 2.19. The van der Waals surface area contributed by atoms with Crippen molar-refractivity contribution in [2.24, 2.45) is 0 Å². The number of nitrogens with two attached hydrogens (primary N) is 1. The highest BCUT2D eigenvalue weighted by Gasteiger charge is 2.17. The van der Waals surface area contributed by atoms with Crippen molar-refractivity contribution in [2.45, 2.75) is 18.4 Å². The van der Waals surface area contributed by atoms with Crippen LogP contribution >= 0.6 is 11.6 Å². The number of rotatable bonds is 4. The van der Waals surface area contributed by atoms with Crippen LogP contribution in [0.1, 0.15) is 11.3 Å². The number of halogens is 1. The summed E-state index contributed by atoms with van der Waals surface area (Å²) in [7, 11) is -3.71. The molecule has 0 atom stereocenters. The van der Waals surface area contributed by atoms with E-state index in [0.29, 0.717) is 5.69 Å². The van der Waals surface area contributed by atoms with Gasteiger partial charge in [-0.25, -0.2) is 13.1 Å². The van der Waals surface area contributed by atoms with E-state index in [1.54, 1.807) is 12.3 Å². The Morgan fingerprint density at radius 2 is 2.05 bits per heavy atom. The van der Waals surface area contributed by atoms with Gasteiger partial charge in [0.05, 0.1) is 5.02 Å². The molecule has 5 nitrogen and oxygen atoms in total. The Morgan fingerprint density at radius 3 is 2.70 bits per heavy atom. The summed E-state index contributed by atoms with van der Waals surface area (Å²) < 4.78 is 26.8. The van der Waals surface area contributed by atoms with Crippen LogP contribution in [0, 0.1) is 6.92 Å². The van der Waals surface area contributed by atoms with E-state index in [2.05, 4.69) is 9.71 Å². The standard InChI is InChI=1S/C13H14ClN3O2S/c1-9-2-3-10(7-16-9)8-17-20(18,19)13-6-11(15)4-5-12(13)14/h2-7,17H,8,15H2,1H3. The summed E-state index contributed by atoms with van der Waals surface area (Å²) in [6.45, 7) is 2.00. The maximum atomic E-state index is 12.2. The predicted molar refractivity (Wildman–Crippen MR) is 78.9 cm³/mol. The summed E-state index contributed by atoms with van der Waals surface area (Å²) in [6.07, 6.45) is 1.62. The van der Waals surface area contributed by atoms with Gasteiger partial charge < -0.3 is 5.73 Å². The fourth-order valence-electron chi connectivity index (χ4n) is 1.58. The first-order chi connectivity index (χ1) is 9.38. The van der Waals surface area contributed by atoms with Crippen LogP contribution in [0.2, 0.25) is 5.02 Å². The molecule has 2 rings (SSSR count). The molecule has 1 aromatic carbocycles. The number of aryl methyl sites for hydroxylation is 1. The third-order valence-electron chi connectivity index (χ3n) is 2.68. The van der Waals surface area contributed by atoms with E-state index in [0.717, 1.165) is 11.3 Å². The van der Waals surface area contributed by atoms with Crippen molar-refractivity contribution in [3.05, 3.63) is 52.8 Å². The number of nitrogen functional groups attached to an aromatic ring is 1. The summed E-state index contributed by atoms with van der Waals surface area (Å²) in [6, 6.07) is 7.96. The Kier molecular flexibility index (Phi) is 4.27. The third kappa shape index (κ3) is 3.47. The van der Waals surface area contributed by atoms with Crippen molar-refractivity contribution in [2.75, 3.05) is 5.73 Å². The van der Waals surface area contributed by atoms with Gasteiger partial charge in [0, 0.05) is 24.1 Å². The van der Waals surface area contributed by atoms with E-state index in [1.807, 2.05) is 19.1 Å². The van der Waals surface area contributed by atoms with Crippen LogP contribution < -0.4 is 10.5 Å². The minimum absolute atomic E-state index is 0.0285. The zero-order valence-corrected chi connectivity index (χ0v) is 12.4. The number of nitrogens with zero attached hydrogens (tertiary/aromatic N) is 1. The molecule has 7 heteroatoms. The molecule has 0 radical (unpaired) electrons. The smallest absolute Gasteiger partial charge is 0.242 e. The Morgan fingerprint density at radius 1 is 1.30 bits per heavy atom. The summed E-state index contributed by atoms with van der Waals surface area (Å²) in [4.78, 5) is 4.07. The van der Waals surface area contributed by atoms with E-state index >= 15 is 0 Å². The molecular formula is C13H14ClN3O2S. The summed E-state index contributed by atoms with van der Waals surface area (Å²) in [5.41, 5.74) is 7.56. The molecule has 0 unspecified atom stereocenters. The van der Waals surface area contributed by atoms with Crippen molar-refractivity contribution >= 4 is 27.3 Å². The van der Waals surface area contributed by atoms with Gasteiger partial charge in [0.15, 0.2) is 0 Å². The summed E-state index contributed by atoms with van der Waals surface area (Å²) in [5.74, 6) is 0. The second-order valence-electron chi connectivity index (χ2n) is 4.32. The minimum Gasteiger partial charge on any atom is -0.399 e. The van der Waals surface area contributed by atoms with Gasteiger partial charge in [0.25, 0.3) is 0 Å². The molecule has 106 valence electrons. The average Bonchev–Trinajstić information content (AvgIpc) is 2.41. The molecule has 20 heavy (non-hydrogen) atoms. The van der Waals surface area contributed by atoms with Gasteiger partial charge in [-0.3, -0.25) is 4.98 Å². The van der Waals surface area contributed by atoms with E-state index in [4.69, 9.17) is 17.3 Å². The topological polar surface area (TPSA) is 85.1 Å². The molecule has 1 aromatic heterocycles. The van der Waals surface area contributed by atoms with Crippen molar-refractivity contribution in [1.29, 1.82) is 0 Å². The van der Waals surface area contributed by atoms with Gasteiger partial charge in [-0.15, -0.1) is 0 Å². The zero-order valence-electron chi connectivity index (χ0n) is 10.8. The molecule has 0 spiro atoms. The molecule has 2 aromatic rings. The van der Waals surface area contributed by atoms with Crippen LogP contribution in [-0.2, 0) is 16.6 Å². The normalized spacial score (nSPS) is 11.5. The molecule has 1 heterocycles. The Hall–Kier alpha value is -1.63. The van der Waals surface area contributed by atoms with Crippen molar-refractivity contribution in [3.8, 4) is 0 Å². The highest BCUT2D eigenvalue weighted by molar-refractivity contribution is 7.89. The van der Waals surface area contributed by atoms with Crippen molar-refractivity contribution in [3.63, 3.8) is 0 Å². The second kappa shape index (κ2) is 5.78. The number of hydrogen-bond acceptors (Lipinski definition) is 4. The number of benzene rings is 1. The number of anilines is 1. The Labute approximate surface area is 122 Å². The lowest BCUT2D eigenvalue weighted by Crippen LogP contribution is -2.23. The number of aromatic nitrogens is 1. The third-order valence-corrected chi connectivity index (χ3v) is 4.57. The van der Waals surface area contributed by atoms with Crippen LogP contribution in [0.3, 0.4) is 0 Å². The zero-order chi connectivity index (χ0) is 14.8. The van der Waals surface area contributed by atoms with Gasteiger partial charge >= 0.3 is 0 Å². The lowest BCUT2D eigenvalue weighted by atomic mass is 10.2. The monoisotopic (exact) mass is 311 g/mol. The van der Waals surface area contributed by atoms with Crippen LogP contribution in [0.4, 0.5) is 5.69 Å². The van der Waals surface area contributed by atoms with Crippen molar-refractivity contribution in [1.82, 2.24) is 9.71 Å². The lowest BCUT2D eigenvalue weighted by Gasteiger charge is -2.09. The number of pyridine rings is 1. The molecule has 0 saturated heterocycles. The maximum Gasteiger partial charge on any atom is 0.242 e. The number of hydrogen-bond donors (Lipinski definition) is 2. The number of sulfonamides is 1. The number of nitrogens with one attached hydrogen (secondary N) is 1. The van der Waals surface area contributed by atoms with E-state index in [1.165, 1.54) is 12.1 Å². The quantitative estimate of drug-likeness (QED) is 0.847. The van der Waals surface area contributed by atoms with Gasteiger partial charge in [0.1, 0.15) is 4.90 Å². The van der Waals surface area contributed by atoms with Crippen LogP contribution in [0.15, 0.2) is 41.4 Å². The molecule has 3 N–H and O–H groups in total. The van der Waals surface area contributed by atoms with Crippen molar-refractivity contribution < 1.29 is 8.42 Å². The SMILES string of the molecule is Cc1ccc(CNS(=O)(=O)c2cc(N)ccc2Cl)cn1. The molecule has 0 fully saturated rings. The first kappa shape index (κ1) is 14.8. The predicted octanol–water partition coefficient (Wildman–Crippen LogP) is 2.10. The largest absolute Gasteiger partial charge is 0.399 e. The van der Waals surface area contributed by atoms with Gasteiger partial charge in [-0.2, -0.15) is 0 Å². The second-order valence-corrected chi connectivity index (χ2v) is 6.46. The molecular weight excluding hydrogens is 298 g/mol. The van der Waals surface area contributed by atoms with Crippen LogP contribution in [0.25, 0.3) is 0 Å². The van der Waals surface area contributed by atoms with Gasteiger partial charge in [-0.05, 0) is 36.8 Å². The molecule has 0 saturated carbocycles. The highest BCUT2D eigenvalue weighted by atomic mass is 35.5. The molecule has 0 amide bonds. The first-order valence-electron chi connectivity index (χ1n) is 5.85. The van der Waals surface area contributed by atoms with E-state index < -0.39 is 10.0 Å². The van der Waals surface area contributed by atoms with E-state index in [-0.39, 0.29) is 16.5 Å². The summed E-state index contributed by atoms with van der Waals surface area (Å²) in [5, 5.41) is 0.133. The Bertz CT molecular complexity index is 715. The lowest BCUT2D eigenvalue weighted by molar-refractivity contribution is 0.581. The fraction of sp³-hybridized carbons (Fsp3) is 0.154. The average molecular weight is 312 g/mol. The maximum absolute atomic E-state index is 12.2. The molecule has 0 aliphatic rings. The molecule has 0 aliphatic heterocycles.